The number of rotatable bonds is 3. The van der Waals surface area contributed by atoms with Gasteiger partial charge in [-0.05, 0) is 37.5 Å². The molecule has 1 aromatic carbocycles. The van der Waals surface area contributed by atoms with E-state index in [1.54, 1.807) is 26.6 Å². The van der Waals surface area contributed by atoms with Crippen LogP contribution in [0.5, 0.6) is 11.5 Å². The molecule has 0 radical (unpaired) electrons. The molecular formula is C17H19N3O3. The Morgan fingerprint density at radius 3 is 2.30 bits per heavy atom. The van der Waals surface area contributed by atoms with Gasteiger partial charge in [-0.25, -0.2) is 9.97 Å². The van der Waals surface area contributed by atoms with E-state index >= 15 is 0 Å². The highest BCUT2D eigenvalue weighted by atomic mass is 16.5. The van der Waals surface area contributed by atoms with E-state index in [4.69, 9.17) is 9.15 Å². The number of phenols is 1. The van der Waals surface area contributed by atoms with E-state index in [-0.39, 0.29) is 5.75 Å². The van der Waals surface area contributed by atoms with E-state index in [9.17, 15) is 5.11 Å². The molecule has 0 fully saturated rings. The van der Waals surface area contributed by atoms with E-state index in [2.05, 4.69) is 15.3 Å². The van der Waals surface area contributed by atoms with Crippen molar-refractivity contribution in [2.45, 2.75) is 20.8 Å². The third-order valence-corrected chi connectivity index (χ3v) is 4.26. The van der Waals surface area contributed by atoms with Crippen LogP contribution in [0.15, 0.2) is 16.8 Å². The van der Waals surface area contributed by atoms with Gasteiger partial charge in [0.2, 0.25) is 5.95 Å². The molecule has 0 amide bonds. The standard InChI is InChI=1S/C17H19N3O3/c1-8-9(2)13(21)12-14(10(8)3)23-15(16(12)22-5)11-6-19-17(18-4)20-7-11/h6-7,21H,1-5H3,(H,18,19,20). The van der Waals surface area contributed by atoms with E-state index in [1.165, 1.54) is 0 Å². The number of aryl methyl sites for hydroxylation is 1. The summed E-state index contributed by atoms with van der Waals surface area (Å²) in [6.07, 6.45) is 3.32. The number of nitrogens with zero attached hydrogens (tertiary/aromatic N) is 2. The average Bonchev–Trinajstić information content (AvgIpc) is 2.97. The van der Waals surface area contributed by atoms with Crippen LogP contribution in [0.4, 0.5) is 5.95 Å². The minimum Gasteiger partial charge on any atom is -0.507 e. The average molecular weight is 313 g/mol. The first kappa shape index (κ1) is 15.1. The van der Waals surface area contributed by atoms with E-state index in [0.717, 1.165) is 16.7 Å². The maximum atomic E-state index is 10.5. The highest BCUT2D eigenvalue weighted by Gasteiger charge is 2.24. The third kappa shape index (κ3) is 2.18. The lowest BCUT2D eigenvalue weighted by Crippen LogP contribution is -1.95. The van der Waals surface area contributed by atoms with Gasteiger partial charge in [0, 0.05) is 19.4 Å². The van der Waals surface area contributed by atoms with Gasteiger partial charge >= 0.3 is 0 Å². The molecule has 0 saturated carbocycles. The smallest absolute Gasteiger partial charge is 0.222 e. The Balaban J connectivity index is 2.33. The minimum absolute atomic E-state index is 0.183. The lowest BCUT2D eigenvalue weighted by Gasteiger charge is -2.08. The van der Waals surface area contributed by atoms with Crippen LogP contribution in [0, 0.1) is 20.8 Å². The molecule has 3 rings (SSSR count). The van der Waals surface area contributed by atoms with Crippen LogP contribution in [0.2, 0.25) is 0 Å². The molecule has 23 heavy (non-hydrogen) atoms. The normalized spacial score (nSPS) is 11.0. The Morgan fingerprint density at radius 1 is 1.09 bits per heavy atom. The number of methoxy groups -OCH3 is 1. The van der Waals surface area contributed by atoms with Crippen LogP contribution in [0.25, 0.3) is 22.3 Å². The van der Waals surface area contributed by atoms with Gasteiger partial charge in [-0.15, -0.1) is 0 Å². The van der Waals surface area contributed by atoms with Crippen molar-refractivity contribution < 1.29 is 14.3 Å². The minimum atomic E-state index is 0.183. The van der Waals surface area contributed by atoms with Crippen molar-refractivity contribution in [1.82, 2.24) is 9.97 Å². The number of fused-ring (bicyclic) bond motifs is 1. The van der Waals surface area contributed by atoms with Gasteiger partial charge in [-0.1, -0.05) is 0 Å². The Bertz CT molecular complexity index is 883. The van der Waals surface area contributed by atoms with Gasteiger partial charge < -0.3 is 19.6 Å². The van der Waals surface area contributed by atoms with Gasteiger partial charge in [0.05, 0.1) is 12.7 Å². The van der Waals surface area contributed by atoms with Crippen LogP contribution in [-0.4, -0.2) is 29.2 Å². The summed E-state index contributed by atoms with van der Waals surface area (Å²) < 4.78 is 11.5. The molecule has 120 valence electrons. The zero-order valence-corrected chi connectivity index (χ0v) is 13.8. The van der Waals surface area contributed by atoms with Gasteiger partial charge in [0.15, 0.2) is 11.5 Å². The van der Waals surface area contributed by atoms with Gasteiger partial charge in [0.25, 0.3) is 0 Å². The summed E-state index contributed by atoms with van der Waals surface area (Å²) in [4.78, 5) is 8.40. The number of ether oxygens (including phenoxy) is 1. The zero-order valence-electron chi connectivity index (χ0n) is 13.8. The summed E-state index contributed by atoms with van der Waals surface area (Å²) >= 11 is 0. The largest absolute Gasteiger partial charge is 0.507 e. The summed E-state index contributed by atoms with van der Waals surface area (Å²) in [6, 6.07) is 0. The predicted octanol–water partition coefficient (Wildman–Crippen LogP) is 3.57. The molecule has 0 unspecified atom stereocenters. The molecule has 0 aliphatic carbocycles. The maximum absolute atomic E-state index is 10.5. The molecule has 2 N–H and O–H groups in total. The molecular weight excluding hydrogens is 294 g/mol. The van der Waals surface area contributed by atoms with Crippen molar-refractivity contribution in [3.63, 3.8) is 0 Å². The quantitative estimate of drug-likeness (QED) is 0.769. The third-order valence-electron chi connectivity index (χ3n) is 4.26. The lowest BCUT2D eigenvalue weighted by molar-refractivity contribution is 0.411. The van der Waals surface area contributed by atoms with E-state index in [1.807, 2.05) is 20.8 Å². The second kappa shape index (κ2) is 5.46. The Kier molecular flexibility index (Phi) is 3.60. The number of aromatic nitrogens is 2. The molecule has 6 nitrogen and oxygen atoms in total. The summed E-state index contributed by atoms with van der Waals surface area (Å²) in [5.74, 6) is 1.70. The molecule has 6 heteroatoms. The van der Waals surface area contributed by atoms with Crippen molar-refractivity contribution in [3.05, 3.63) is 29.1 Å². The molecule has 0 atom stereocenters. The fourth-order valence-corrected chi connectivity index (χ4v) is 2.67. The number of anilines is 1. The fourth-order valence-electron chi connectivity index (χ4n) is 2.67. The summed E-state index contributed by atoms with van der Waals surface area (Å²) in [5, 5.41) is 14.0. The Labute approximate surface area is 134 Å². The highest BCUT2D eigenvalue weighted by Crippen LogP contribution is 2.47. The number of furan rings is 1. The van der Waals surface area contributed by atoms with Crippen molar-refractivity contribution >= 4 is 16.9 Å². The molecule has 2 aromatic heterocycles. The second-order valence-corrected chi connectivity index (χ2v) is 5.44. The van der Waals surface area contributed by atoms with Gasteiger partial charge in [0.1, 0.15) is 16.7 Å². The molecule has 0 saturated heterocycles. The number of hydrogen-bond acceptors (Lipinski definition) is 6. The number of hydrogen-bond donors (Lipinski definition) is 2. The summed E-state index contributed by atoms with van der Waals surface area (Å²) in [6.45, 7) is 5.81. The molecule has 0 aliphatic heterocycles. The molecule has 0 spiro atoms. The van der Waals surface area contributed by atoms with Crippen molar-refractivity contribution in [3.8, 4) is 22.8 Å². The van der Waals surface area contributed by atoms with Crippen LogP contribution < -0.4 is 10.1 Å². The number of phenolic OH excluding ortho intramolecular Hbond substituents is 1. The van der Waals surface area contributed by atoms with Gasteiger partial charge in [-0.3, -0.25) is 0 Å². The second-order valence-electron chi connectivity index (χ2n) is 5.44. The topological polar surface area (TPSA) is 80.4 Å². The fraction of sp³-hybridized carbons (Fsp3) is 0.294. The first-order valence-electron chi connectivity index (χ1n) is 7.29. The number of benzene rings is 1. The molecule has 0 aliphatic rings. The van der Waals surface area contributed by atoms with Crippen molar-refractivity contribution in [2.75, 3.05) is 19.5 Å². The van der Waals surface area contributed by atoms with Crippen LogP contribution in [0.1, 0.15) is 16.7 Å². The van der Waals surface area contributed by atoms with Crippen molar-refractivity contribution in [2.24, 2.45) is 0 Å². The van der Waals surface area contributed by atoms with E-state index < -0.39 is 0 Å². The van der Waals surface area contributed by atoms with Crippen LogP contribution >= 0.6 is 0 Å². The monoisotopic (exact) mass is 313 g/mol. The predicted molar refractivity (Wildman–Crippen MR) is 89.2 cm³/mol. The van der Waals surface area contributed by atoms with Crippen molar-refractivity contribution in [1.29, 1.82) is 0 Å². The lowest BCUT2D eigenvalue weighted by atomic mass is 9.99. The first-order valence-corrected chi connectivity index (χ1v) is 7.29. The molecule has 3 aromatic rings. The van der Waals surface area contributed by atoms with E-state index in [0.29, 0.717) is 34.0 Å². The summed E-state index contributed by atoms with van der Waals surface area (Å²) in [7, 11) is 3.31. The molecule has 2 heterocycles. The van der Waals surface area contributed by atoms with Crippen LogP contribution in [-0.2, 0) is 0 Å². The number of aromatic hydroxyl groups is 1. The maximum Gasteiger partial charge on any atom is 0.222 e. The molecule has 0 bridgehead atoms. The highest BCUT2D eigenvalue weighted by molar-refractivity contribution is 5.99. The first-order chi connectivity index (χ1) is 11.0. The Hall–Kier alpha value is -2.76. The SMILES string of the molecule is CNc1ncc(-c2oc3c(C)c(C)c(C)c(O)c3c2OC)cn1. The van der Waals surface area contributed by atoms with Gasteiger partial charge in [-0.2, -0.15) is 0 Å². The number of nitrogens with one attached hydrogen (secondary N) is 1. The zero-order chi connectivity index (χ0) is 16.7. The summed E-state index contributed by atoms with van der Waals surface area (Å²) in [5.41, 5.74) is 4.11. The van der Waals surface area contributed by atoms with Crippen LogP contribution in [0.3, 0.4) is 0 Å². The Morgan fingerprint density at radius 2 is 1.74 bits per heavy atom.